The van der Waals surface area contributed by atoms with Crippen molar-refractivity contribution in [3.63, 3.8) is 0 Å². The molecule has 0 spiro atoms. The molecule has 0 aromatic heterocycles. The number of amides is 1. The van der Waals surface area contributed by atoms with Gasteiger partial charge in [0.1, 0.15) is 30.1 Å². The van der Waals surface area contributed by atoms with E-state index < -0.39 is 43.2 Å². The largest absolute Gasteiger partial charge is 0.497 e. The summed E-state index contributed by atoms with van der Waals surface area (Å²) in [4.78, 5) is 23.9. The number of carbonyl (C=O) groups is 2. The lowest BCUT2D eigenvalue weighted by molar-refractivity contribution is -0.269. The Labute approximate surface area is 199 Å². The molecule has 0 aliphatic carbocycles. The molecule has 4 N–H and O–H groups in total. The molecule has 33 heavy (non-hydrogen) atoms. The Balaban J connectivity index is 2.00. The predicted molar refractivity (Wildman–Crippen MR) is 124 cm³/mol. The van der Waals surface area contributed by atoms with Crippen LogP contribution in [-0.2, 0) is 14.3 Å². The van der Waals surface area contributed by atoms with Crippen LogP contribution < -0.4 is 10.1 Å². The molecule has 10 heteroatoms. The summed E-state index contributed by atoms with van der Waals surface area (Å²) in [6.07, 6.45) is -3.02. The number of rotatable bonds is 12. The first-order chi connectivity index (χ1) is 15.7. The number of ether oxygens (including phenoxy) is 3. The second-order valence-electron chi connectivity index (χ2n) is 8.64. The van der Waals surface area contributed by atoms with E-state index in [2.05, 4.69) is 17.9 Å². The Hall–Kier alpha value is -1.69. The lowest BCUT2D eigenvalue weighted by atomic mass is 9.93. The lowest BCUT2D eigenvalue weighted by Gasteiger charge is -2.42. The van der Waals surface area contributed by atoms with Crippen LogP contribution in [0.5, 0.6) is 5.75 Å². The van der Waals surface area contributed by atoms with Gasteiger partial charge in [0.2, 0.25) is 0 Å². The van der Waals surface area contributed by atoms with Crippen LogP contribution in [0.3, 0.4) is 0 Å². The molecule has 1 fully saturated rings. The van der Waals surface area contributed by atoms with Gasteiger partial charge < -0.3 is 34.8 Å². The van der Waals surface area contributed by atoms with Crippen molar-refractivity contribution in [2.24, 2.45) is 11.8 Å². The third-order valence-electron chi connectivity index (χ3n) is 5.75. The quantitative estimate of drug-likeness (QED) is 0.278. The molecular weight excluding hydrogens is 450 g/mol. The topological polar surface area (TPSA) is 135 Å². The molecule has 1 heterocycles. The lowest BCUT2D eigenvalue weighted by Crippen LogP contribution is -2.64. The van der Waals surface area contributed by atoms with Gasteiger partial charge in [-0.2, -0.15) is 0 Å². The standard InChI is InChI=1S/C23H35NO8S/c1-13(10-14(2)11-18(26)33)8-9-31-23-19(21(28)20(27)17(12-25)32-23)24-22(29)15-4-6-16(30-3)7-5-15/h4-7,13-14,17,19-21,23,25,27-28H,8-12H2,1-3H3,(H,24,29)(H,26,33)/t13?,14?,17?,19?,20-,21?,23-/m1/s1. The molecule has 1 aliphatic rings. The van der Waals surface area contributed by atoms with Crippen LogP contribution in [0.1, 0.15) is 43.5 Å². The summed E-state index contributed by atoms with van der Waals surface area (Å²) in [7, 11) is 1.52. The highest BCUT2D eigenvalue weighted by atomic mass is 32.1. The highest BCUT2D eigenvalue weighted by Gasteiger charge is 2.45. The summed E-state index contributed by atoms with van der Waals surface area (Å²) >= 11 is 3.82. The Morgan fingerprint density at radius 3 is 2.39 bits per heavy atom. The van der Waals surface area contributed by atoms with E-state index in [0.29, 0.717) is 24.2 Å². The van der Waals surface area contributed by atoms with Crippen LogP contribution >= 0.6 is 12.6 Å². The van der Waals surface area contributed by atoms with Gasteiger partial charge in [-0.3, -0.25) is 9.59 Å². The van der Waals surface area contributed by atoms with Gasteiger partial charge in [-0.1, -0.05) is 13.8 Å². The molecule has 0 saturated carbocycles. The Morgan fingerprint density at radius 2 is 1.82 bits per heavy atom. The highest BCUT2D eigenvalue weighted by Crippen LogP contribution is 2.24. The minimum Gasteiger partial charge on any atom is -0.497 e. The molecule has 1 aromatic carbocycles. The van der Waals surface area contributed by atoms with E-state index in [1.807, 2.05) is 13.8 Å². The zero-order valence-electron chi connectivity index (χ0n) is 19.2. The van der Waals surface area contributed by atoms with E-state index in [0.717, 1.165) is 6.42 Å². The monoisotopic (exact) mass is 485 g/mol. The SMILES string of the molecule is COc1ccc(C(=O)NC2C(O)[C@H](O)C(CO)O[C@H]2OCCC(C)CC(C)CC(=O)S)cc1. The maximum atomic E-state index is 12.7. The van der Waals surface area contributed by atoms with Gasteiger partial charge in [0.15, 0.2) is 11.4 Å². The normalized spacial score (nSPS) is 26.9. The molecule has 7 atom stereocenters. The van der Waals surface area contributed by atoms with Crippen LogP contribution in [0.2, 0.25) is 0 Å². The first-order valence-corrected chi connectivity index (χ1v) is 11.5. The molecule has 0 bridgehead atoms. The number of aliphatic hydroxyl groups is 3. The van der Waals surface area contributed by atoms with Crippen LogP contribution in [0.15, 0.2) is 24.3 Å². The van der Waals surface area contributed by atoms with Gasteiger partial charge in [0.05, 0.1) is 20.3 Å². The van der Waals surface area contributed by atoms with Crippen molar-refractivity contribution in [2.45, 2.75) is 63.8 Å². The summed E-state index contributed by atoms with van der Waals surface area (Å²) in [5.74, 6) is 0.570. The van der Waals surface area contributed by atoms with E-state index in [4.69, 9.17) is 14.2 Å². The van der Waals surface area contributed by atoms with Crippen molar-refractivity contribution in [2.75, 3.05) is 20.3 Å². The van der Waals surface area contributed by atoms with E-state index in [-0.39, 0.29) is 23.6 Å². The number of thiol groups is 1. The van der Waals surface area contributed by atoms with Gasteiger partial charge in [-0.05, 0) is 48.9 Å². The molecule has 0 radical (unpaired) electrons. The summed E-state index contributed by atoms with van der Waals surface area (Å²) in [6.45, 7) is 3.79. The van der Waals surface area contributed by atoms with Gasteiger partial charge in [0, 0.05) is 12.0 Å². The number of benzene rings is 1. The molecule has 2 rings (SSSR count). The minimum absolute atomic E-state index is 0.139. The molecule has 5 unspecified atom stereocenters. The predicted octanol–water partition coefficient (Wildman–Crippen LogP) is 1.15. The number of aliphatic hydroxyl groups excluding tert-OH is 3. The third-order valence-corrected chi connectivity index (χ3v) is 5.93. The number of nitrogens with one attached hydrogen (secondary N) is 1. The Morgan fingerprint density at radius 1 is 1.15 bits per heavy atom. The van der Waals surface area contributed by atoms with Crippen LogP contribution in [0, 0.1) is 11.8 Å². The number of hydrogen-bond acceptors (Lipinski definition) is 8. The summed E-state index contributed by atoms with van der Waals surface area (Å²) in [5, 5.41) is 32.9. The summed E-state index contributed by atoms with van der Waals surface area (Å²) in [6, 6.07) is 5.37. The highest BCUT2D eigenvalue weighted by molar-refractivity contribution is 7.96. The smallest absolute Gasteiger partial charge is 0.251 e. The molecule has 1 amide bonds. The average molecular weight is 486 g/mol. The van der Waals surface area contributed by atoms with E-state index in [1.54, 1.807) is 24.3 Å². The first kappa shape index (κ1) is 27.6. The third kappa shape index (κ3) is 8.24. The van der Waals surface area contributed by atoms with Crippen molar-refractivity contribution in [3.05, 3.63) is 29.8 Å². The van der Waals surface area contributed by atoms with Crippen molar-refractivity contribution in [1.82, 2.24) is 5.32 Å². The summed E-state index contributed by atoms with van der Waals surface area (Å²) in [5.41, 5.74) is 0.335. The summed E-state index contributed by atoms with van der Waals surface area (Å²) < 4.78 is 16.6. The van der Waals surface area contributed by atoms with Crippen molar-refractivity contribution in [1.29, 1.82) is 0 Å². The number of hydrogen-bond donors (Lipinski definition) is 5. The minimum atomic E-state index is -1.40. The zero-order chi connectivity index (χ0) is 24.5. The maximum Gasteiger partial charge on any atom is 0.251 e. The fourth-order valence-corrected chi connectivity index (χ4v) is 4.24. The van der Waals surface area contributed by atoms with Crippen LogP contribution in [-0.4, -0.2) is 77.3 Å². The van der Waals surface area contributed by atoms with Gasteiger partial charge >= 0.3 is 0 Å². The molecule has 9 nitrogen and oxygen atoms in total. The van der Waals surface area contributed by atoms with E-state index in [1.165, 1.54) is 7.11 Å². The second-order valence-corrected chi connectivity index (χ2v) is 9.14. The molecule has 1 saturated heterocycles. The van der Waals surface area contributed by atoms with Crippen molar-refractivity contribution < 1.29 is 39.1 Å². The maximum absolute atomic E-state index is 12.7. The van der Waals surface area contributed by atoms with Crippen molar-refractivity contribution in [3.8, 4) is 5.75 Å². The van der Waals surface area contributed by atoms with E-state index >= 15 is 0 Å². The van der Waals surface area contributed by atoms with Crippen LogP contribution in [0.25, 0.3) is 0 Å². The van der Waals surface area contributed by atoms with Gasteiger partial charge in [-0.25, -0.2) is 0 Å². The molecule has 1 aromatic rings. The van der Waals surface area contributed by atoms with Gasteiger partial charge in [-0.15, -0.1) is 12.6 Å². The molecular formula is C23H35NO8S. The van der Waals surface area contributed by atoms with Crippen molar-refractivity contribution >= 4 is 23.7 Å². The second kappa shape index (κ2) is 13.3. The number of methoxy groups -OCH3 is 1. The first-order valence-electron chi connectivity index (χ1n) is 11.1. The van der Waals surface area contributed by atoms with Crippen LogP contribution in [0.4, 0.5) is 0 Å². The molecule has 186 valence electrons. The fraction of sp³-hybridized carbons (Fsp3) is 0.652. The zero-order valence-corrected chi connectivity index (χ0v) is 20.1. The van der Waals surface area contributed by atoms with Gasteiger partial charge in [0.25, 0.3) is 5.91 Å². The Bertz CT molecular complexity index is 761. The molecule has 1 aliphatic heterocycles. The van der Waals surface area contributed by atoms with E-state index in [9.17, 15) is 24.9 Å². The fourth-order valence-electron chi connectivity index (χ4n) is 3.93. The Kier molecular flexibility index (Phi) is 11.1. The number of carbonyl (C=O) groups excluding carboxylic acids is 2. The average Bonchev–Trinajstić information content (AvgIpc) is 2.77.